The van der Waals surface area contributed by atoms with Crippen LogP contribution in [0.1, 0.15) is 35.4 Å². The van der Waals surface area contributed by atoms with Crippen LogP contribution in [0.3, 0.4) is 0 Å². The summed E-state index contributed by atoms with van der Waals surface area (Å²) in [4.78, 5) is 0. The molecule has 0 saturated heterocycles. The summed E-state index contributed by atoms with van der Waals surface area (Å²) < 4.78 is 0. The Balaban J connectivity index is 1.51. The Kier molecular flexibility index (Phi) is 4.26. The van der Waals surface area contributed by atoms with E-state index in [-0.39, 0.29) is 6.61 Å². The maximum absolute atomic E-state index is 8.92. The van der Waals surface area contributed by atoms with Crippen molar-refractivity contribution in [3.8, 4) is 0 Å². The van der Waals surface area contributed by atoms with Crippen LogP contribution in [0.4, 0.5) is 5.69 Å². The molecule has 2 aromatic carbocycles. The van der Waals surface area contributed by atoms with Gasteiger partial charge in [-0.2, -0.15) is 0 Å². The maximum Gasteiger partial charge on any atom is 0.0471 e. The average Bonchev–Trinajstić information content (AvgIpc) is 2.46. The average molecular weight is 281 g/mol. The summed E-state index contributed by atoms with van der Waals surface area (Å²) in [5, 5.41) is 12.5. The molecular formula is C19H23NO. The van der Waals surface area contributed by atoms with Gasteiger partial charge in [-0.05, 0) is 55.4 Å². The monoisotopic (exact) mass is 281 g/mol. The Hall–Kier alpha value is -1.80. The van der Waals surface area contributed by atoms with Gasteiger partial charge in [0.15, 0.2) is 0 Å². The fraction of sp³-hybridized carbons (Fsp3) is 0.368. The van der Waals surface area contributed by atoms with Crippen molar-refractivity contribution in [2.24, 2.45) is 0 Å². The minimum atomic E-state index is 0.216. The van der Waals surface area contributed by atoms with Crippen molar-refractivity contribution in [2.75, 3.05) is 11.9 Å². The van der Waals surface area contributed by atoms with E-state index in [0.717, 1.165) is 6.42 Å². The van der Waals surface area contributed by atoms with Gasteiger partial charge >= 0.3 is 0 Å². The molecule has 0 radical (unpaired) electrons. The van der Waals surface area contributed by atoms with Gasteiger partial charge in [0, 0.05) is 18.3 Å². The molecule has 0 bridgehead atoms. The fourth-order valence-corrected chi connectivity index (χ4v) is 2.98. The van der Waals surface area contributed by atoms with Crippen LogP contribution in [0.2, 0.25) is 0 Å². The van der Waals surface area contributed by atoms with Gasteiger partial charge in [0.2, 0.25) is 0 Å². The summed E-state index contributed by atoms with van der Waals surface area (Å²) in [5.74, 6) is 0.705. The molecule has 2 N–H and O–H groups in total. The van der Waals surface area contributed by atoms with Crippen LogP contribution in [0.5, 0.6) is 0 Å². The molecule has 3 rings (SSSR count). The molecule has 2 heteroatoms. The van der Waals surface area contributed by atoms with Gasteiger partial charge in [0.25, 0.3) is 0 Å². The number of nitrogens with one attached hydrogen (secondary N) is 1. The summed E-state index contributed by atoms with van der Waals surface area (Å²) in [6, 6.07) is 17.9. The lowest BCUT2D eigenvalue weighted by atomic mass is 9.75. The molecule has 0 aliphatic heterocycles. The van der Waals surface area contributed by atoms with Gasteiger partial charge in [-0.15, -0.1) is 0 Å². The van der Waals surface area contributed by atoms with E-state index in [2.05, 4.69) is 60.8 Å². The van der Waals surface area contributed by atoms with Crippen molar-refractivity contribution >= 4 is 5.69 Å². The lowest BCUT2D eigenvalue weighted by Crippen LogP contribution is -2.33. The molecule has 21 heavy (non-hydrogen) atoms. The zero-order valence-electron chi connectivity index (χ0n) is 12.5. The van der Waals surface area contributed by atoms with Crippen LogP contribution < -0.4 is 5.32 Å². The van der Waals surface area contributed by atoms with Gasteiger partial charge in [0.05, 0.1) is 0 Å². The van der Waals surface area contributed by atoms with Crippen LogP contribution in [0, 0.1) is 6.92 Å². The van der Waals surface area contributed by atoms with Crippen LogP contribution in [-0.4, -0.2) is 17.8 Å². The first-order valence-electron chi connectivity index (χ1n) is 7.77. The maximum atomic E-state index is 8.92. The van der Waals surface area contributed by atoms with E-state index in [1.54, 1.807) is 0 Å². The zero-order valence-corrected chi connectivity index (χ0v) is 12.5. The summed E-state index contributed by atoms with van der Waals surface area (Å²) in [7, 11) is 0. The summed E-state index contributed by atoms with van der Waals surface area (Å²) >= 11 is 0. The molecule has 1 aliphatic carbocycles. The molecule has 1 fully saturated rings. The van der Waals surface area contributed by atoms with Crippen molar-refractivity contribution in [3.63, 3.8) is 0 Å². The first-order chi connectivity index (χ1) is 10.2. The number of hydrogen-bond donors (Lipinski definition) is 2. The van der Waals surface area contributed by atoms with Crippen LogP contribution in [-0.2, 0) is 6.42 Å². The Morgan fingerprint density at radius 3 is 2.29 bits per heavy atom. The van der Waals surface area contributed by atoms with Crippen LogP contribution >= 0.6 is 0 Å². The smallest absolute Gasteiger partial charge is 0.0471 e. The molecule has 0 amide bonds. The standard InChI is InChI=1S/C19H23NO/c1-14-2-6-16(7-3-14)17-12-19(13-17)20-18-8-4-15(5-9-18)10-11-21/h2-9,17,19-21H,10-13H2,1H3. The predicted molar refractivity (Wildman–Crippen MR) is 87.8 cm³/mol. The number of aryl methyl sites for hydroxylation is 1. The van der Waals surface area contributed by atoms with E-state index in [1.165, 1.54) is 35.2 Å². The third kappa shape index (κ3) is 3.45. The van der Waals surface area contributed by atoms with E-state index in [0.29, 0.717) is 12.0 Å². The highest BCUT2D eigenvalue weighted by Crippen LogP contribution is 2.38. The van der Waals surface area contributed by atoms with Crippen LogP contribution in [0.25, 0.3) is 0 Å². The summed E-state index contributed by atoms with van der Waals surface area (Å²) in [6.07, 6.45) is 3.15. The van der Waals surface area contributed by atoms with E-state index in [9.17, 15) is 0 Å². The normalized spacial score (nSPS) is 20.9. The molecule has 2 nitrogen and oxygen atoms in total. The van der Waals surface area contributed by atoms with Crippen molar-refractivity contribution in [1.82, 2.24) is 0 Å². The van der Waals surface area contributed by atoms with E-state index in [4.69, 9.17) is 5.11 Å². The van der Waals surface area contributed by atoms with Crippen molar-refractivity contribution in [2.45, 2.75) is 38.1 Å². The van der Waals surface area contributed by atoms with Gasteiger partial charge in [-0.25, -0.2) is 0 Å². The van der Waals surface area contributed by atoms with Crippen molar-refractivity contribution in [3.05, 3.63) is 65.2 Å². The van der Waals surface area contributed by atoms with E-state index in [1.807, 2.05) is 0 Å². The predicted octanol–water partition coefficient (Wildman–Crippen LogP) is 3.89. The molecule has 0 aromatic heterocycles. The third-order valence-corrected chi connectivity index (χ3v) is 4.41. The molecule has 0 atom stereocenters. The highest BCUT2D eigenvalue weighted by molar-refractivity contribution is 5.46. The molecular weight excluding hydrogens is 258 g/mol. The minimum Gasteiger partial charge on any atom is -0.396 e. The quantitative estimate of drug-likeness (QED) is 0.871. The Morgan fingerprint density at radius 2 is 1.67 bits per heavy atom. The van der Waals surface area contributed by atoms with Gasteiger partial charge in [-0.3, -0.25) is 0 Å². The first-order valence-corrected chi connectivity index (χ1v) is 7.77. The Bertz CT molecular complexity index is 568. The minimum absolute atomic E-state index is 0.216. The highest BCUT2D eigenvalue weighted by Gasteiger charge is 2.29. The number of rotatable bonds is 5. The number of hydrogen-bond acceptors (Lipinski definition) is 2. The number of aliphatic hydroxyl groups is 1. The molecule has 0 heterocycles. The van der Waals surface area contributed by atoms with E-state index >= 15 is 0 Å². The Labute approximate surface area is 126 Å². The number of benzene rings is 2. The summed E-state index contributed by atoms with van der Waals surface area (Å²) in [5.41, 5.74) is 5.17. The second kappa shape index (κ2) is 6.31. The van der Waals surface area contributed by atoms with Gasteiger partial charge in [0.1, 0.15) is 0 Å². The molecule has 0 spiro atoms. The Morgan fingerprint density at radius 1 is 1.00 bits per heavy atom. The van der Waals surface area contributed by atoms with Gasteiger partial charge in [-0.1, -0.05) is 42.0 Å². The first kappa shape index (κ1) is 14.2. The number of anilines is 1. The second-order valence-electron chi connectivity index (χ2n) is 6.09. The SMILES string of the molecule is Cc1ccc(C2CC(Nc3ccc(CCO)cc3)C2)cc1. The third-order valence-electron chi connectivity index (χ3n) is 4.41. The molecule has 2 aromatic rings. The number of aliphatic hydroxyl groups excluding tert-OH is 1. The van der Waals surface area contributed by atoms with E-state index < -0.39 is 0 Å². The lowest BCUT2D eigenvalue weighted by Gasteiger charge is -2.37. The second-order valence-corrected chi connectivity index (χ2v) is 6.09. The van der Waals surface area contributed by atoms with Crippen LogP contribution in [0.15, 0.2) is 48.5 Å². The molecule has 0 unspecified atom stereocenters. The largest absolute Gasteiger partial charge is 0.396 e. The topological polar surface area (TPSA) is 32.3 Å². The lowest BCUT2D eigenvalue weighted by molar-refractivity contribution is 0.299. The zero-order chi connectivity index (χ0) is 14.7. The van der Waals surface area contributed by atoms with Crippen molar-refractivity contribution in [1.29, 1.82) is 0 Å². The molecule has 1 saturated carbocycles. The highest BCUT2D eigenvalue weighted by atomic mass is 16.2. The fourth-order valence-electron chi connectivity index (χ4n) is 2.98. The molecule has 110 valence electrons. The summed E-state index contributed by atoms with van der Waals surface area (Å²) in [6.45, 7) is 2.35. The van der Waals surface area contributed by atoms with Gasteiger partial charge < -0.3 is 10.4 Å². The van der Waals surface area contributed by atoms with Crippen molar-refractivity contribution < 1.29 is 5.11 Å². The molecule has 1 aliphatic rings.